The largest absolute Gasteiger partial charge is 0.356 e. The smallest absolute Gasteiger partial charge is 0.253 e. The summed E-state index contributed by atoms with van der Waals surface area (Å²) in [6.45, 7) is 5.22. The Morgan fingerprint density at radius 3 is 2.57 bits per heavy atom. The maximum Gasteiger partial charge on any atom is 0.253 e. The molecule has 150 valence electrons. The molecule has 6 nitrogen and oxygen atoms in total. The minimum absolute atomic E-state index is 0.147. The van der Waals surface area contributed by atoms with Crippen molar-refractivity contribution < 1.29 is 4.79 Å². The van der Waals surface area contributed by atoms with Crippen LogP contribution in [0.3, 0.4) is 0 Å². The lowest BCUT2D eigenvalue weighted by molar-refractivity contribution is 0.0724. The third kappa shape index (κ3) is 5.79. The molecule has 2 heterocycles. The van der Waals surface area contributed by atoms with E-state index in [1.54, 1.807) is 18.4 Å². The minimum atomic E-state index is 0.147. The van der Waals surface area contributed by atoms with Crippen molar-refractivity contribution in [2.24, 2.45) is 4.99 Å². The second-order valence-corrected chi connectivity index (χ2v) is 8.07. The van der Waals surface area contributed by atoms with E-state index in [0.29, 0.717) is 6.54 Å². The first kappa shape index (κ1) is 20.3. The number of likely N-dealkylation sites (tertiary alicyclic amines) is 1. The summed E-state index contributed by atoms with van der Waals surface area (Å²) in [5, 5.41) is 9.82. The number of aromatic nitrogens is 1. The zero-order chi connectivity index (χ0) is 19.8. The predicted molar refractivity (Wildman–Crippen MR) is 115 cm³/mol. The average Bonchev–Trinajstić information content (AvgIpc) is 3.16. The zero-order valence-corrected chi connectivity index (χ0v) is 17.5. The molecular formula is C21H29N5OS. The van der Waals surface area contributed by atoms with Crippen molar-refractivity contribution in [2.75, 3.05) is 26.7 Å². The summed E-state index contributed by atoms with van der Waals surface area (Å²) in [6.07, 6.45) is 4.33. The van der Waals surface area contributed by atoms with Crippen molar-refractivity contribution in [2.45, 2.75) is 39.2 Å². The number of aliphatic imine (C=N–C) groups is 1. The molecule has 0 atom stereocenters. The van der Waals surface area contributed by atoms with Gasteiger partial charge < -0.3 is 15.5 Å². The summed E-state index contributed by atoms with van der Waals surface area (Å²) in [5.41, 5.74) is 3.00. The molecule has 0 radical (unpaired) electrons. The number of amides is 1. The Balaban J connectivity index is 1.44. The number of nitrogens with zero attached hydrogens (tertiary/aromatic N) is 3. The third-order valence-electron chi connectivity index (χ3n) is 4.87. The van der Waals surface area contributed by atoms with E-state index >= 15 is 0 Å². The highest BCUT2D eigenvalue weighted by Crippen LogP contribution is 2.14. The molecule has 2 N–H and O–H groups in total. The van der Waals surface area contributed by atoms with Crippen LogP contribution in [-0.4, -0.2) is 48.4 Å². The molecule has 0 spiro atoms. The second kappa shape index (κ2) is 10.2. The number of guanidine groups is 1. The van der Waals surface area contributed by atoms with Gasteiger partial charge in [-0.3, -0.25) is 9.79 Å². The topological polar surface area (TPSA) is 69.6 Å². The Labute approximate surface area is 171 Å². The highest BCUT2D eigenvalue weighted by Gasteiger charge is 2.17. The van der Waals surface area contributed by atoms with Gasteiger partial charge in [0.15, 0.2) is 5.96 Å². The van der Waals surface area contributed by atoms with Gasteiger partial charge in [0.05, 0.1) is 10.7 Å². The molecule has 1 aromatic heterocycles. The van der Waals surface area contributed by atoms with Crippen molar-refractivity contribution in [3.05, 3.63) is 51.5 Å². The normalized spacial score (nSPS) is 14.8. The van der Waals surface area contributed by atoms with Crippen LogP contribution in [0.1, 0.15) is 45.9 Å². The molecule has 2 aromatic rings. The van der Waals surface area contributed by atoms with E-state index in [2.05, 4.69) is 26.0 Å². The van der Waals surface area contributed by atoms with Crippen molar-refractivity contribution in [1.29, 1.82) is 0 Å². The van der Waals surface area contributed by atoms with Crippen LogP contribution in [0.5, 0.6) is 0 Å². The summed E-state index contributed by atoms with van der Waals surface area (Å²) >= 11 is 1.68. The highest BCUT2D eigenvalue weighted by molar-refractivity contribution is 7.09. The molecule has 0 aliphatic carbocycles. The molecule has 1 aliphatic heterocycles. The van der Waals surface area contributed by atoms with Gasteiger partial charge in [-0.2, -0.15) is 0 Å². The van der Waals surface area contributed by atoms with E-state index in [1.165, 1.54) is 6.42 Å². The summed E-state index contributed by atoms with van der Waals surface area (Å²) in [6, 6.07) is 7.87. The number of carbonyl (C=O) groups excluding carboxylic acids is 1. The molecule has 1 saturated heterocycles. The van der Waals surface area contributed by atoms with E-state index in [0.717, 1.165) is 66.7 Å². The molecule has 1 fully saturated rings. The maximum absolute atomic E-state index is 12.5. The zero-order valence-electron chi connectivity index (χ0n) is 16.7. The summed E-state index contributed by atoms with van der Waals surface area (Å²) < 4.78 is 0. The minimum Gasteiger partial charge on any atom is -0.356 e. The van der Waals surface area contributed by atoms with Crippen LogP contribution < -0.4 is 10.6 Å². The average molecular weight is 400 g/mol. The van der Waals surface area contributed by atoms with Gasteiger partial charge in [-0.05, 0) is 43.9 Å². The molecule has 0 saturated carbocycles. The molecule has 3 rings (SSSR count). The van der Waals surface area contributed by atoms with Crippen molar-refractivity contribution in [1.82, 2.24) is 20.5 Å². The van der Waals surface area contributed by atoms with Crippen LogP contribution in [0.15, 0.2) is 34.6 Å². The molecule has 7 heteroatoms. The lowest BCUT2D eigenvalue weighted by Crippen LogP contribution is -2.38. The first-order valence-electron chi connectivity index (χ1n) is 9.89. The monoisotopic (exact) mass is 399 g/mol. The third-order valence-corrected chi connectivity index (χ3v) is 5.69. The van der Waals surface area contributed by atoms with Gasteiger partial charge in [-0.1, -0.05) is 12.1 Å². The molecule has 0 unspecified atom stereocenters. The number of hydrogen-bond donors (Lipinski definition) is 2. The van der Waals surface area contributed by atoms with E-state index in [1.807, 2.05) is 36.1 Å². The van der Waals surface area contributed by atoms with Crippen LogP contribution in [-0.2, 0) is 13.0 Å². The lowest BCUT2D eigenvalue weighted by atomic mass is 10.1. The van der Waals surface area contributed by atoms with E-state index in [9.17, 15) is 4.79 Å². The molecule has 0 bridgehead atoms. The second-order valence-electron chi connectivity index (χ2n) is 7.01. The fourth-order valence-corrected chi connectivity index (χ4v) is 3.93. The van der Waals surface area contributed by atoms with Gasteiger partial charge in [-0.25, -0.2) is 4.98 Å². The van der Waals surface area contributed by atoms with Gasteiger partial charge in [0.1, 0.15) is 0 Å². The molecule has 1 amide bonds. The van der Waals surface area contributed by atoms with Crippen molar-refractivity contribution in [3.8, 4) is 0 Å². The van der Waals surface area contributed by atoms with E-state index < -0.39 is 0 Å². The van der Waals surface area contributed by atoms with Crippen LogP contribution in [0.2, 0.25) is 0 Å². The highest BCUT2D eigenvalue weighted by atomic mass is 32.1. The summed E-state index contributed by atoms with van der Waals surface area (Å²) in [5.74, 6) is 0.911. The van der Waals surface area contributed by atoms with Crippen LogP contribution in [0.4, 0.5) is 0 Å². The fourth-order valence-electron chi connectivity index (χ4n) is 3.28. The van der Waals surface area contributed by atoms with Crippen molar-refractivity contribution in [3.63, 3.8) is 0 Å². The van der Waals surface area contributed by atoms with E-state index in [-0.39, 0.29) is 5.91 Å². The Morgan fingerprint density at radius 2 is 1.93 bits per heavy atom. The van der Waals surface area contributed by atoms with Gasteiger partial charge in [0.2, 0.25) is 0 Å². The molecule has 28 heavy (non-hydrogen) atoms. The molecule has 1 aliphatic rings. The number of benzene rings is 1. The summed E-state index contributed by atoms with van der Waals surface area (Å²) in [7, 11) is 1.77. The number of nitrogens with one attached hydrogen (secondary N) is 2. The number of thiazole rings is 1. The van der Waals surface area contributed by atoms with Crippen LogP contribution in [0.25, 0.3) is 0 Å². The quantitative estimate of drug-likeness (QED) is 0.579. The van der Waals surface area contributed by atoms with Gasteiger partial charge in [-0.15, -0.1) is 11.3 Å². The Morgan fingerprint density at radius 1 is 1.18 bits per heavy atom. The standard InChI is InChI=1S/C21H29N5OS/c1-16-25-19(15-28-16)10-11-23-21(22-2)24-14-17-6-8-18(9-7-17)20(27)26-12-4-3-5-13-26/h6-9,15H,3-5,10-14H2,1-2H3,(H2,22,23,24). The Bertz CT molecular complexity index is 793. The van der Waals surface area contributed by atoms with Crippen LogP contribution >= 0.6 is 11.3 Å². The molecule has 1 aromatic carbocycles. The van der Waals surface area contributed by atoms with Gasteiger partial charge >= 0.3 is 0 Å². The first-order valence-corrected chi connectivity index (χ1v) is 10.8. The lowest BCUT2D eigenvalue weighted by Gasteiger charge is -2.26. The Hall–Kier alpha value is -2.41. The molecular weight excluding hydrogens is 370 g/mol. The maximum atomic E-state index is 12.5. The van der Waals surface area contributed by atoms with Gasteiger partial charge in [0, 0.05) is 50.6 Å². The fraction of sp³-hybridized carbons (Fsp3) is 0.476. The predicted octanol–water partition coefficient (Wildman–Crippen LogP) is 2.99. The number of hydrogen-bond acceptors (Lipinski definition) is 4. The number of aryl methyl sites for hydroxylation is 1. The van der Waals surface area contributed by atoms with E-state index in [4.69, 9.17) is 0 Å². The Kier molecular flexibility index (Phi) is 7.42. The van der Waals surface area contributed by atoms with Crippen molar-refractivity contribution >= 4 is 23.2 Å². The number of carbonyl (C=O) groups is 1. The number of piperidine rings is 1. The van der Waals surface area contributed by atoms with Gasteiger partial charge in [0.25, 0.3) is 5.91 Å². The SMILES string of the molecule is CN=C(NCCc1csc(C)n1)NCc1ccc(C(=O)N2CCCCC2)cc1. The number of rotatable bonds is 6. The summed E-state index contributed by atoms with van der Waals surface area (Å²) in [4.78, 5) is 23.2. The first-order chi connectivity index (χ1) is 13.7. The van der Waals surface area contributed by atoms with Crippen LogP contribution in [0, 0.1) is 6.92 Å².